The van der Waals surface area contributed by atoms with Gasteiger partial charge in [0.2, 0.25) is 0 Å². The highest BCUT2D eigenvalue weighted by atomic mass is 14.3. The van der Waals surface area contributed by atoms with E-state index in [1.165, 1.54) is 11.1 Å². The smallest absolute Gasteiger partial charge is 0.0165 e. The lowest BCUT2D eigenvalue weighted by Crippen LogP contribution is -2.22. The van der Waals surface area contributed by atoms with E-state index < -0.39 is 0 Å². The molecule has 26 heavy (non-hydrogen) atoms. The standard InChI is InChI=1S/C26H44/c1-23(2,3)21(24(4,5)6)19-17-15-13-14-16-18-20-22(25(7,8)9)26(10,11)12/h13-20H,1-12H3/b14-13+,17-15+,18-16+. The number of allylic oxidation sites excluding steroid dienone is 10. The minimum absolute atomic E-state index is 0.188. The van der Waals surface area contributed by atoms with E-state index in [-0.39, 0.29) is 21.7 Å². The predicted molar refractivity (Wildman–Crippen MR) is 121 cm³/mol. The number of rotatable bonds is 4. The highest BCUT2D eigenvalue weighted by Gasteiger charge is 2.27. The molecule has 0 bridgehead atoms. The Balaban J connectivity index is 5.11. The minimum Gasteiger partial charge on any atom is -0.0623 e. The first-order valence-corrected chi connectivity index (χ1v) is 9.91. The Labute approximate surface area is 164 Å². The first kappa shape index (κ1) is 24.7. The number of hydrogen-bond acceptors (Lipinski definition) is 0. The molecule has 0 amide bonds. The zero-order chi connectivity index (χ0) is 20.8. The van der Waals surface area contributed by atoms with E-state index in [0.717, 1.165) is 0 Å². The third-order valence-electron chi connectivity index (χ3n) is 4.31. The first-order valence-electron chi connectivity index (χ1n) is 9.91. The first-order chi connectivity index (χ1) is 11.5. The van der Waals surface area contributed by atoms with Crippen molar-refractivity contribution < 1.29 is 0 Å². The largest absolute Gasteiger partial charge is 0.0623 e. The third kappa shape index (κ3) is 9.41. The van der Waals surface area contributed by atoms with E-state index in [1.807, 2.05) is 0 Å². The lowest BCUT2D eigenvalue weighted by atomic mass is 9.72. The van der Waals surface area contributed by atoms with Crippen LogP contribution in [0.15, 0.2) is 59.8 Å². The molecule has 148 valence electrons. The van der Waals surface area contributed by atoms with Gasteiger partial charge in [-0.15, -0.1) is 0 Å². The van der Waals surface area contributed by atoms with E-state index in [1.54, 1.807) is 0 Å². The Morgan fingerprint density at radius 3 is 0.731 bits per heavy atom. The van der Waals surface area contributed by atoms with Crippen molar-refractivity contribution in [2.75, 3.05) is 0 Å². The third-order valence-corrected chi connectivity index (χ3v) is 4.31. The zero-order valence-electron chi connectivity index (χ0n) is 19.6. The second-order valence-corrected chi connectivity index (χ2v) is 11.3. The predicted octanol–water partition coefficient (Wildman–Crippen LogP) is 8.69. The van der Waals surface area contributed by atoms with Gasteiger partial charge in [-0.25, -0.2) is 0 Å². The lowest BCUT2D eigenvalue weighted by molar-refractivity contribution is 0.362. The maximum absolute atomic E-state index is 2.28. The molecular formula is C26H44. The van der Waals surface area contributed by atoms with Gasteiger partial charge in [0.15, 0.2) is 0 Å². The van der Waals surface area contributed by atoms with Gasteiger partial charge >= 0.3 is 0 Å². The van der Waals surface area contributed by atoms with Crippen molar-refractivity contribution in [3.05, 3.63) is 59.8 Å². The summed E-state index contributed by atoms with van der Waals surface area (Å²) >= 11 is 0. The molecule has 0 aromatic carbocycles. The highest BCUT2D eigenvalue weighted by Crippen LogP contribution is 2.39. The molecule has 0 saturated heterocycles. The van der Waals surface area contributed by atoms with E-state index in [2.05, 4.69) is 132 Å². The molecule has 0 fully saturated rings. The molecule has 0 rings (SSSR count). The summed E-state index contributed by atoms with van der Waals surface area (Å²) in [5, 5.41) is 0. The van der Waals surface area contributed by atoms with Crippen molar-refractivity contribution in [2.24, 2.45) is 21.7 Å². The van der Waals surface area contributed by atoms with E-state index in [4.69, 9.17) is 0 Å². The van der Waals surface area contributed by atoms with Crippen molar-refractivity contribution in [3.63, 3.8) is 0 Å². The Bertz CT molecular complexity index is 488. The van der Waals surface area contributed by atoms with Gasteiger partial charge in [0.1, 0.15) is 0 Å². The van der Waals surface area contributed by atoms with Gasteiger partial charge in [-0.2, -0.15) is 0 Å². The molecular weight excluding hydrogens is 312 g/mol. The second kappa shape index (κ2) is 9.07. The molecule has 0 aliphatic rings. The molecule has 0 nitrogen and oxygen atoms in total. The molecule has 0 heteroatoms. The molecule has 0 aliphatic heterocycles. The fraction of sp³-hybridized carbons (Fsp3) is 0.615. The molecule has 0 spiro atoms. The van der Waals surface area contributed by atoms with Gasteiger partial charge in [-0.05, 0) is 21.7 Å². The average molecular weight is 357 g/mol. The van der Waals surface area contributed by atoms with E-state index in [9.17, 15) is 0 Å². The summed E-state index contributed by atoms with van der Waals surface area (Å²) in [6.07, 6.45) is 17.3. The summed E-state index contributed by atoms with van der Waals surface area (Å²) in [7, 11) is 0. The molecule has 0 aromatic rings. The summed E-state index contributed by atoms with van der Waals surface area (Å²) < 4.78 is 0. The Kier molecular flexibility index (Phi) is 8.61. The molecule has 0 radical (unpaired) electrons. The maximum Gasteiger partial charge on any atom is -0.0165 e. The fourth-order valence-electron chi connectivity index (χ4n) is 3.81. The normalized spacial score (nSPS) is 14.5. The van der Waals surface area contributed by atoms with Crippen LogP contribution in [0.1, 0.15) is 83.1 Å². The van der Waals surface area contributed by atoms with Crippen molar-refractivity contribution in [1.29, 1.82) is 0 Å². The van der Waals surface area contributed by atoms with Crippen LogP contribution in [0, 0.1) is 21.7 Å². The summed E-state index contributed by atoms with van der Waals surface area (Å²) in [6, 6.07) is 0. The number of hydrogen-bond donors (Lipinski definition) is 0. The molecule has 0 atom stereocenters. The van der Waals surface area contributed by atoms with Crippen LogP contribution >= 0.6 is 0 Å². The van der Waals surface area contributed by atoms with Gasteiger partial charge in [0.05, 0.1) is 0 Å². The van der Waals surface area contributed by atoms with Crippen LogP contribution < -0.4 is 0 Å². The van der Waals surface area contributed by atoms with Crippen molar-refractivity contribution in [1.82, 2.24) is 0 Å². The van der Waals surface area contributed by atoms with E-state index in [0.29, 0.717) is 0 Å². The minimum atomic E-state index is 0.188. The summed E-state index contributed by atoms with van der Waals surface area (Å²) in [5.74, 6) is 0. The van der Waals surface area contributed by atoms with Crippen LogP contribution in [0.4, 0.5) is 0 Å². The van der Waals surface area contributed by atoms with Crippen LogP contribution in [0.5, 0.6) is 0 Å². The van der Waals surface area contributed by atoms with Crippen LogP contribution in [0.2, 0.25) is 0 Å². The average Bonchev–Trinajstić information content (AvgIpc) is 2.34. The monoisotopic (exact) mass is 356 g/mol. The summed E-state index contributed by atoms with van der Waals surface area (Å²) in [4.78, 5) is 0. The van der Waals surface area contributed by atoms with Gasteiger partial charge < -0.3 is 0 Å². The molecule has 0 aliphatic carbocycles. The van der Waals surface area contributed by atoms with Crippen molar-refractivity contribution in [3.8, 4) is 0 Å². The van der Waals surface area contributed by atoms with Gasteiger partial charge in [0, 0.05) is 0 Å². The molecule has 0 unspecified atom stereocenters. The zero-order valence-corrected chi connectivity index (χ0v) is 19.6. The van der Waals surface area contributed by atoms with E-state index >= 15 is 0 Å². The molecule has 0 saturated carbocycles. The molecule has 0 N–H and O–H groups in total. The highest BCUT2D eigenvalue weighted by molar-refractivity contribution is 5.27. The topological polar surface area (TPSA) is 0 Å². The van der Waals surface area contributed by atoms with Crippen LogP contribution in [-0.4, -0.2) is 0 Å². The van der Waals surface area contributed by atoms with Gasteiger partial charge in [-0.3, -0.25) is 0 Å². The fourth-order valence-corrected chi connectivity index (χ4v) is 3.81. The SMILES string of the molecule is CC(C)(C)C(=C/C=C/C=C/C=C/C=C(C(C)(C)C)C(C)(C)C)C(C)(C)C. The maximum atomic E-state index is 2.28. The van der Waals surface area contributed by atoms with Crippen molar-refractivity contribution >= 4 is 0 Å². The molecule has 0 heterocycles. The van der Waals surface area contributed by atoms with Crippen LogP contribution in [-0.2, 0) is 0 Å². The van der Waals surface area contributed by atoms with Crippen molar-refractivity contribution in [2.45, 2.75) is 83.1 Å². The van der Waals surface area contributed by atoms with Crippen LogP contribution in [0.3, 0.4) is 0 Å². The van der Waals surface area contributed by atoms with Gasteiger partial charge in [0.25, 0.3) is 0 Å². The summed E-state index contributed by atoms with van der Waals surface area (Å²) in [6.45, 7) is 27.4. The van der Waals surface area contributed by atoms with Gasteiger partial charge in [-0.1, -0.05) is 143 Å². The lowest BCUT2D eigenvalue weighted by Gasteiger charge is -2.33. The Morgan fingerprint density at radius 2 is 0.538 bits per heavy atom. The Morgan fingerprint density at radius 1 is 0.346 bits per heavy atom. The van der Waals surface area contributed by atoms with Crippen LogP contribution in [0.25, 0.3) is 0 Å². The second-order valence-electron chi connectivity index (χ2n) is 11.3. The molecule has 0 aromatic heterocycles. The Hall–Kier alpha value is -1.30. The summed E-state index contributed by atoms with van der Waals surface area (Å²) in [5.41, 5.74) is 3.68. The quantitative estimate of drug-likeness (QED) is 0.442.